The van der Waals surface area contributed by atoms with Crippen molar-refractivity contribution in [3.63, 3.8) is 0 Å². The molecule has 0 saturated heterocycles. The summed E-state index contributed by atoms with van der Waals surface area (Å²) in [6.45, 7) is 12.7. The van der Waals surface area contributed by atoms with E-state index >= 15 is 0 Å². The van der Waals surface area contributed by atoms with E-state index in [0.29, 0.717) is 10.8 Å². The molecule has 0 amide bonds. The summed E-state index contributed by atoms with van der Waals surface area (Å²) in [5.74, 6) is 0.171. The third kappa shape index (κ3) is 5.09. The van der Waals surface area contributed by atoms with Crippen molar-refractivity contribution >= 4 is 17.6 Å². The summed E-state index contributed by atoms with van der Waals surface area (Å²) in [7, 11) is 0. The lowest BCUT2D eigenvalue weighted by atomic mass is 9.80. The average molecular weight is 359 g/mol. The number of esters is 1. The van der Waals surface area contributed by atoms with E-state index in [1.54, 1.807) is 0 Å². The van der Waals surface area contributed by atoms with Crippen LogP contribution in [0.1, 0.15) is 58.2 Å². The summed E-state index contributed by atoms with van der Waals surface area (Å²) in [5, 5.41) is 0.485. The van der Waals surface area contributed by atoms with Crippen LogP contribution >= 0.6 is 11.6 Å². The zero-order chi connectivity index (χ0) is 18.8. The van der Waals surface area contributed by atoms with Gasteiger partial charge in [0.15, 0.2) is 5.75 Å². The van der Waals surface area contributed by atoms with Gasteiger partial charge < -0.3 is 4.74 Å². The van der Waals surface area contributed by atoms with Gasteiger partial charge in [0.1, 0.15) is 0 Å². The number of rotatable bonds is 3. The van der Waals surface area contributed by atoms with Gasteiger partial charge in [0.25, 0.3) is 0 Å². The molecule has 0 heterocycles. The summed E-state index contributed by atoms with van der Waals surface area (Å²) < 4.78 is 5.70. The number of hydrogen-bond donors (Lipinski definition) is 0. The van der Waals surface area contributed by atoms with E-state index in [1.165, 1.54) is 0 Å². The van der Waals surface area contributed by atoms with Crippen molar-refractivity contribution in [1.29, 1.82) is 0 Å². The van der Waals surface area contributed by atoms with Gasteiger partial charge in [-0.15, -0.1) is 0 Å². The molecule has 0 aliphatic carbocycles. The Morgan fingerprint density at radius 1 is 0.960 bits per heavy atom. The van der Waals surface area contributed by atoms with Crippen LogP contribution in [0.2, 0.25) is 5.02 Å². The molecule has 3 heteroatoms. The first kappa shape index (κ1) is 19.5. The Morgan fingerprint density at radius 2 is 1.56 bits per heavy atom. The summed E-state index contributed by atoms with van der Waals surface area (Å²) in [5.41, 5.74) is 2.78. The fraction of sp³-hybridized carbons (Fsp3) is 0.409. The second kappa shape index (κ2) is 7.21. The van der Waals surface area contributed by atoms with Gasteiger partial charge in [-0.3, -0.25) is 4.79 Å². The molecule has 2 rings (SSSR count). The molecule has 0 aliphatic rings. The molecule has 0 atom stereocenters. The zero-order valence-electron chi connectivity index (χ0n) is 15.9. The Labute approximate surface area is 156 Å². The maximum absolute atomic E-state index is 12.4. The Balaban J connectivity index is 2.38. The van der Waals surface area contributed by atoms with Gasteiger partial charge in [0.2, 0.25) is 0 Å². The maximum atomic E-state index is 12.4. The van der Waals surface area contributed by atoms with E-state index in [4.69, 9.17) is 16.3 Å². The van der Waals surface area contributed by atoms with Crippen molar-refractivity contribution in [2.75, 3.05) is 0 Å². The summed E-state index contributed by atoms with van der Waals surface area (Å²) in [6, 6.07) is 13.6. The highest BCUT2D eigenvalue weighted by atomic mass is 35.5. The third-order valence-corrected chi connectivity index (χ3v) is 4.41. The van der Waals surface area contributed by atoms with E-state index in [0.717, 1.165) is 16.7 Å². The molecule has 134 valence electrons. The fourth-order valence-corrected chi connectivity index (χ4v) is 2.86. The summed E-state index contributed by atoms with van der Waals surface area (Å²) in [6.07, 6.45) is 0.224. The second-order valence-electron chi connectivity index (χ2n) is 8.47. The van der Waals surface area contributed by atoms with Crippen LogP contribution in [0, 0.1) is 0 Å². The maximum Gasteiger partial charge on any atom is 0.315 e. The first-order chi connectivity index (χ1) is 11.5. The van der Waals surface area contributed by atoms with Crippen molar-refractivity contribution in [3.8, 4) is 5.75 Å². The van der Waals surface area contributed by atoms with Gasteiger partial charge in [0.05, 0.1) is 11.4 Å². The average Bonchev–Trinajstić information content (AvgIpc) is 2.47. The predicted molar refractivity (Wildman–Crippen MR) is 105 cm³/mol. The van der Waals surface area contributed by atoms with Gasteiger partial charge in [-0.1, -0.05) is 89.5 Å². The smallest absolute Gasteiger partial charge is 0.315 e. The molecular weight excluding hydrogens is 332 g/mol. The van der Waals surface area contributed by atoms with Crippen LogP contribution in [0.4, 0.5) is 0 Å². The minimum atomic E-state index is -0.304. The molecule has 0 saturated carbocycles. The van der Waals surface area contributed by atoms with Gasteiger partial charge in [-0.05, 0) is 28.0 Å². The first-order valence-corrected chi connectivity index (χ1v) is 8.95. The van der Waals surface area contributed by atoms with Crippen molar-refractivity contribution < 1.29 is 9.53 Å². The van der Waals surface area contributed by atoms with E-state index in [1.807, 2.05) is 36.4 Å². The van der Waals surface area contributed by atoms with Crippen molar-refractivity contribution in [2.45, 2.75) is 58.8 Å². The van der Waals surface area contributed by atoms with Crippen LogP contribution in [0.3, 0.4) is 0 Å². The highest BCUT2D eigenvalue weighted by Crippen LogP contribution is 2.40. The fourth-order valence-electron chi connectivity index (χ4n) is 2.60. The quantitative estimate of drug-likeness (QED) is 0.490. The Kier molecular flexibility index (Phi) is 5.63. The molecular formula is C22H27ClO2. The topological polar surface area (TPSA) is 26.3 Å². The SMILES string of the molecule is CC(C)(C)c1cc(Cl)c(OC(=O)Cc2ccccc2)c(C(C)(C)C)c1. The Bertz CT molecular complexity index is 750. The Morgan fingerprint density at radius 3 is 2.08 bits per heavy atom. The van der Waals surface area contributed by atoms with E-state index in [2.05, 4.69) is 47.6 Å². The molecule has 0 unspecified atom stereocenters. The summed E-state index contributed by atoms with van der Waals surface area (Å²) in [4.78, 5) is 12.4. The Hall–Kier alpha value is -1.80. The van der Waals surface area contributed by atoms with Gasteiger partial charge in [-0.25, -0.2) is 0 Å². The van der Waals surface area contributed by atoms with Crippen molar-refractivity contribution in [3.05, 3.63) is 64.2 Å². The number of benzene rings is 2. The van der Waals surface area contributed by atoms with Crippen molar-refractivity contribution in [1.82, 2.24) is 0 Å². The minimum absolute atomic E-state index is 0.0315. The van der Waals surface area contributed by atoms with E-state index in [-0.39, 0.29) is 23.2 Å². The monoisotopic (exact) mass is 358 g/mol. The molecule has 2 aromatic carbocycles. The van der Waals surface area contributed by atoms with Crippen LogP contribution in [-0.2, 0) is 22.0 Å². The molecule has 0 aromatic heterocycles. The number of hydrogen-bond acceptors (Lipinski definition) is 2. The highest BCUT2D eigenvalue weighted by Gasteiger charge is 2.26. The molecule has 25 heavy (non-hydrogen) atoms. The van der Waals surface area contributed by atoms with Crippen LogP contribution < -0.4 is 4.74 Å². The van der Waals surface area contributed by atoms with Crippen LogP contribution in [0.5, 0.6) is 5.75 Å². The highest BCUT2D eigenvalue weighted by molar-refractivity contribution is 6.32. The number of halogens is 1. The third-order valence-electron chi connectivity index (χ3n) is 4.12. The van der Waals surface area contributed by atoms with E-state index in [9.17, 15) is 4.79 Å². The summed E-state index contributed by atoms with van der Waals surface area (Å²) >= 11 is 6.52. The largest absolute Gasteiger partial charge is 0.424 e. The molecule has 0 radical (unpaired) electrons. The van der Waals surface area contributed by atoms with Crippen LogP contribution in [0.15, 0.2) is 42.5 Å². The lowest BCUT2D eigenvalue weighted by Gasteiger charge is -2.27. The normalized spacial score (nSPS) is 12.1. The van der Waals surface area contributed by atoms with Crippen LogP contribution in [-0.4, -0.2) is 5.97 Å². The molecule has 0 N–H and O–H groups in total. The minimum Gasteiger partial charge on any atom is -0.424 e. The van der Waals surface area contributed by atoms with Gasteiger partial charge in [0, 0.05) is 5.56 Å². The molecule has 0 fully saturated rings. The number of ether oxygens (including phenoxy) is 1. The molecule has 0 aliphatic heterocycles. The zero-order valence-corrected chi connectivity index (χ0v) is 16.7. The predicted octanol–water partition coefficient (Wildman–Crippen LogP) is 6.08. The lowest BCUT2D eigenvalue weighted by Crippen LogP contribution is -2.20. The van der Waals surface area contributed by atoms with E-state index < -0.39 is 0 Å². The first-order valence-electron chi connectivity index (χ1n) is 8.57. The second-order valence-corrected chi connectivity index (χ2v) is 8.88. The molecule has 0 bridgehead atoms. The van der Waals surface area contributed by atoms with Crippen LogP contribution in [0.25, 0.3) is 0 Å². The van der Waals surface area contributed by atoms with Gasteiger partial charge in [-0.2, -0.15) is 0 Å². The van der Waals surface area contributed by atoms with Gasteiger partial charge >= 0.3 is 5.97 Å². The molecule has 0 spiro atoms. The number of carbonyl (C=O) groups excluding carboxylic acids is 1. The van der Waals surface area contributed by atoms with Crippen molar-refractivity contribution in [2.24, 2.45) is 0 Å². The lowest BCUT2D eigenvalue weighted by molar-refractivity contribution is -0.133. The molecule has 2 nitrogen and oxygen atoms in total. The number of carbonyl (C=O) groups is 1. The standard InChI is InChI=1S/C22H27ClO2/c1-21(2,3)16-13-17(22(4,5)6)20(18(23)14-16)25-19(24)12-15-10-8-7-9-11-15/h7-11,13-14H,12H2,1-6H3. The molecule has 2 aromatic rings.